The molecule has 2 heterocycles. The summed E-state index contributed by atoms with van der Waals surface area (Å²) in [6, 6.07) is 0. The molecular formula is C9H13N3O3S. The lowest BCUT2D eigenvalue weighted by atomic mass is 10.1. The second-order valence-electron chi connectivity index (χ2n) is 3.85. The van der Waals surface area contributed by atoms with Crippen LogP contribution >= 0.6 is 0 Å². The Bertz CT molecular complexity index is 472. The standard InChI is InChI=1S/C9H13N3O3S/c10-7-6-11-16(14,15)8(7)9(13)12-4-2-1-3-5-12/h6H,1-5,10H2. The van der Waals surface area contributed by atoms with E-state index in [4.69, 9.17) is 5.73 Å². The number of piperidine rings is 1. The van der Waals surface area contributed by atoms with E-state index in [-0.39, 0.29) is 10.6 Å². The summed E-state index contributed by atoms with van der Waals surface area (Å²) in [7, 11) is -3.85. The van der Waals surface area contributed by atoms with Gasteiger partial charge in [-0.25, -0.2) is 0 Å². The SMILES string of the molecule is NC1=C(C(=O)N2CCCCC2)S(=O)(=O)N=C1. The molecule has 0 aromatic carbocycles. The van der Waals surface area contributed by atoms with Gasteiger partial charge in [-0.1, -0.05) is 0 Å². The topological polar surface area (TPSA) is 92.8 Å². The Kier molecular flexibility index (Phi) is 2.71. The molecule has 16 heavy (non-hydrogen) atoms. The van der Waals surface area contributed by atoms with Crippen molar-refractivity contribution in [2.75, 3.05) is 13.1 Å². The molecule has 2 aliphatic rings. The highest BCUT2D eigenvalue weighted by molar-refractivity contribution is 7.95. The summed E-state index contributed by atoms with van der Waals surface area (Å²) in [5.41, 5.74) is 5.41. The molecule has 0 aliphatic carbocycles. The molecule has 0 saturated carbocycles. The maximum Gasteiger partial charge on any atom is 0.289 e. The molecule has 0 aromatic rings. The highest BCUT2D eigenvalue weighted by atomic mass is 32.2. The Morgan fingerprint density at radius 1 is 1.31 bits per heavy atom. The van der Waals surface area contributed by atoms with Crippen molar-refractivity contribution < 1.29 is 13.2 Å². The lowest BCUT2D eigenvalue weighted by molar-refractivity contribution is -0.127. The van der Waals surface area contributed by atoms with Crippen LogP contribution in [0, 0.1) is 0 Å². The molecule has 0 atom stereocenters. The monoisotopic (exact) mass is 243 g/mol. The van der Waals surface area contributed by atoms with Gasteiger partial charge in [0.2, 0.25) is 0 Å². The fourth-order valence-corrected chi connectivity index (χ4v) is 2.92. The smallest absolute Gasteiger partial charge is 0.289 e. The van der Waals surface area contributed by atoms with Gasteiger partial charge in [0, 0.05) is 13.1 Å². The van der Waals surface area contributed by atoms with Gasteiger partial charge in [0.1, 0.15) is 0 Å². The summed E-state index contributed by atoms with van der Waals surface area (Å²) in [5.74, 6) is -0.519. The quantitative estimate of drug-likeness (QED) is 0.677. The van der Waals surface area contributed by atoms with Crippen LogP contribution in [0.5, 0.6) is 0 Å². The maximum atomic E-state index is 12.0. The number of sulfonamides is 1. The fourth-order valence-electron chi connectivity index (χ4n) is 1.86. The van der Waals surface area contributed by atoms with Crippen LogP contribution in [0.25, 0.3) is 0 Å². The van der Waals surface area contributed by atoms with Crippen molar-refractivity contribution in [2.45, 2.75) is 19.3 Å². The van der Waals surface area contributed by atoms with Crippen molar-refractivity contribution in [1.29, 1.82) is 0 Å². The molecule has 2 rings (SSSR count). The van der Waals surface area contributed by atoms with E-state index in [1.165, 1.54) is 4.90 Å². The average Bonchev–Trinajstić information content (AvgIpc) is 2.53. The summed E-state index contributed by atoms with van der Waals surface area (Å²) < 4.78 is 26.2. The molecule has 6 nitrogen and oxygen atoms in total. The molecule has 0 radical (unpaired) electrons. The van der Waals surface area contributed by atoms with Crippen molar-refractivity contribution in [2.24, 2.45) is 10.1 Å². The van der Waals surface area contributed by atoms with Gasteiger partial charge in [-0.2, -0.15) is 12.8 Å². The van der Waals surface area contributed by atoms with Crippen molar-refractivity contribution in [3.63, 3.8) is 0 Å². The number of amides is 1. The van der Waals surface area contributed by atoms with Crippen LogP contribution in [0.3, 0.4) is 0 Å². The molecule has 2 aliphatic heterocycles. The lowest BCUT2D eigenvalue weighted by Gasteiger charge is -2.26. The third kappa shape index (κ3) is 1.82. The molecule has 2 N–H and O–H groups in total. The molecule has 1 fully saturated rings. The lowest BCUT2D eigenvalue weighted by Crippen LogP contribution is -2.38. The van der Waals surface area contributed by atoms with Crippen LogP contribution in [-0.4, -0.2) is 38.5 Å². The average molecular weight is 243 g/mol. The maximum absolute atomic E-state index is 12.0. The largest absolute Gasteiger partial charge is 0.396 e. The second-order valence-corrected chi connectivity index (χ2v) is 5.42. The highest BCUT2D eigenvalue weighted by Crippen LogP contribution is 2.21. The minimum absolute atomic E-state index is 0.0597. The third-order valence-electron chi connectivity index (χ3n) is 2.69. The normalized spacial score (nSPS) is 23.9. The van der Waals surface area contributed by atoms with E-state index in [9.17, 15) is 13.2 Å². The summed E-state index contributed by atoms with van der Waals surface area (Å²) in [5, 5.41) is 0. The Labute approximate surface area is 93.9 Å². The van der Waals surface area contributed by atoms with Gasteiger partial charge in [-0.3, -0.25) is 4.79 Å². The minimum Gasteiger partial charge on any atom is -0.396 e. The van der Waals surface area contributed by atoms with Crippen molar-refractivity contribution >= 4 is 22.1 Å². The number of nitrogens with two attached hydrogens (primary N) is 1. The van der Waals surface area contributed by atoms with Gasteiger partial charge in [0.15, 0.2) is 4.91 Å². The van der Waals surface area contributed by atoms with Crippen LogP contribution in [0.1, 0.15) is 19.3 Å². The van der Waals surface area contributed by atoms with Gasteiger partial charge in [-0.05, 0) is 19.3 Å². The van der Waals surface area contributed by atoms with Gasteiger partial charge in [0.25, 0.3) is 15.9 Å². The summed E-state index contributed by atoms with van der Waals surface area (Å²) in [4.78, 5) is 13.1. The molecule has 1 saturated heterocycles. The highest BCUT2D eigenvalue weighted by Gasteiger charge is 2.34. The van der Waals surface area contributed by atoms with E-state index >= 15 is 0 Å². The number of carbonyl (C=O) groups is 1. The van der Waals surface area contributed by atoms with E-state index in [2.05, 4.69) is 4.40 Å². The predicted molar refractivity (Wildman–Crippen MR) is 59.1 cm³/mol. The van der Waals surface area contributed by atoms with E-state index in [0.29, 0.717) is 13.1 Å². The van der Waals surface area contributed by atoms with Crippen LogP contribution in [0.2, 0.25) is 0 Å². The first-order chi connectivity index (χ1) is 7.52. The van der Waals surface area contributed by atoms with Gasteiger partial charge < -0.3 is 10.6 Å². The van der Waals surface area contributed by atoms with Gasteiger partial charge in [0.05, 0.1) is 11.9 Å². The summed E-state index contributed by atoms with van der Waals surface area (Å²) >= 11 is 0. The number of carbonyl (C=O) groups excluding carboxylic acids is 1. The van der Waals surface area contributed by atoms with Crippen LogP contribution < -0.4 is 5.73 Å². The first-order valence-corrected chi connectivity index (χ1v) is 6.56. The van der Waals surface area contributed by atoms with Gasteiger partial charge >= 0.3 is 0 Å². The number of likely N-dealkylation sites (tertiary alicyclic amines) is 1. The van der Waals surface area contributed by atoms with Crippen LogP contribution in [0.4, 0.5) is 0 Å². The molecule has 7 heteroatoms. The predicted octanol–water partition coefficient (Wildman–Crippen LogP) is -0.417. The Morgan fingerprint density at radius 2 is 1.94 bits per heavy atom. The zero-order valence-electron chi connectivity index (χ0n) is 8.72. The van der Waals surface area contributed by atoms with E-state index in [1.807, 2.05) is 0 Å². The molecule has 0 spiro atoms. The third-order valence-corrected chi connectivity index (χ3v) is 4.00. The van der Waals surface area contributed by atoms with Gasteiger partial charge in [-0.15, -0.1) is 0 Å². The number of nitrogens with zero attached hydrogens (tertiary/aromatic N) is 2. The van der Waals surface area contributed by atoms with Crippen molar-refractivity contribution in [3.05, 3.63) is 10.6 Å². The fraction of sp³-hybridized carbons (Fsp3) is 0.556. The van der Waals surface area contributed by atoms with E-state index in [0.717, 1.165) is 25.5 Å². The van der Waals surface area contributed by atoms with E-state index in [1.54, 1.807) is 0 Å². The molecule has 1 amide bonds. The van der Waals surface area contributed by atoms with Crippen molar-refractivity contribution in [1.82, 2.24) is 4.90 Å². The number of allylic oxidation sites excluding steroid dienone is 1. The first-order valence-electron chi connectivity index (χ1n) is 5.12. The van der Waals surface area contributed by atoms with Crippen molar-refractivity contribution in [3.8, 4) is 0 Å². The number of hydrogen-bond donors (Lipinski definition) is 1. The minimum atomic E-state index is -3.85. The second kappa shape index (κ2) is 3.89. The van der Waals surface area contributed by atoms with Crippen LogP contribution in [-0.2, 0) is 14.8 Å². The van der Waals surface area contributed by atoms with E-state index < -0.39 is 15.9 Å². The molecule has 0 unspecified atom stereocenters. The Balaban J connectivity index is 2.26. The zero-order chi connectivity index (χ0) is 11.8. The number of hydrogen-bond acceptors (Lipinski definition) is 4. The number of rotatable bonds is 1. The molecular weight excluding hydrogens is 230 g/mol. The Hall–Kier alpha value is -1.37. The Morgan fingerprint density at radius 3 is 2.44 bits per heavy atom. The molecule has 0 bridgehead atoms. The molecule has 88 valence electrons. The summed E-state index contributed by atoms with van der Waals surface area (Å²) in [6.45, 7) is 1.18. The summed E-state index contributed by atoms with van der Waals surface area (Å²) in [6.07, 6.45) is 3.90. The molecule has 0 aromatic heterocycles. The first kappa shape index (κ1) is 11.1. The van der Waals surface area contributed by atoms with Crippen LogP contribution in [0.15, 0.2) is 15.0 Å². The zero-order valence-corrected chi connectivity index (χ0v) is 9.53.